The van der Waals surface area contributed by atoms with Crippen LogP contribution in [0.25, 0.3) is 6.08 Å². The number of amides is 1. The van der Waals surface area contributed by atoms with Gasteiger partial charge in [0.1, 0.15) is 10.8 Å². The number of carbonyl (C=O) groups is 1. The van der Waals surface area contributed by atoms with E-state index in [1.165, 1.54) is 34.6 Å². The molecule has 0 unspecified atom stereocenters. The summed E-state index contributed by atoms with van der Waals surface area (Å²) in [6, 6.07) is 14.9. The van der Waals surface area contributed by atoms with E-state index in [1.807, 2.05) is 36.4 Å². The van der Waals surface area contributed by atoms with Crippen LogP contribution in [-0.2, 0) is 10.5 Å². The number of nitrogens with one attached hydrogen (secondary N) is 1. The van der Waals surface area contributed by atoms with Gasteiger partial charge in [0, 0.05) is 28.7 Å². The number of rotatable bonds is 5. The molecule has 5 rings (SSSR count). The minimum atomic E-state index is -0.497. The van der Waals surface area contributed by atoms with Crippen molar-refractivity contribution in [2.24, 2.45) is 10.1 Å². The van der Waals surface area contributed by atoms with E-state index in [2.05, 4.69) is 15.1 Å². The van der Waals surface area contributed by atoms with Gasteiger partial charge in [-0.1, -0.05) is 35.5 Å². The lowest BCUT2D eigenvalue weighted by Crippen LogP contribution is -2.35. The summed E-state index contributed by atoms with van der Waals surface area (Å²) in [6.45, 7) is 0. The van der Waals surface area contributed by atoms with Crippen LogP contribution in [0.2, 0.25) is 5.02 Å². The lowest BCUT2D eigenvalue weighted by molar-refractivity contribution is -0.114. The average molecular weight is 480 g/mol. The second-order valence-electron chi connectivity index (χ2n) is 6.74. The third-order valence-corrected chi connectivity index (χ3v) is 6.74. The first-order valence-corrected chi connectivity index (χ1v) is 11.6. The van der Waals surface area contributed by atoms with Crippen LogP contribution < -0.4 is 0 Å². The summed E-state index contributed by atoms with van der Waals surface area (Å²) in [4.78, 5) is 20.8. The Balaban J connectivity index is 1.33. The van der Waals surface area contributed by atoms with Gasteiger partial charge in [0.15, 0.2) is 10.9 Å². The average Bonchev–Trinajstić information content (AvgIpc) is 3.44. The van der Waals surface area contributed by atoms with Gasteiger partial charge in [-0.15, -0.1) is 0 Å². The molecule has 0 radical (unpaired) electrons. The molecule has 0 saturated carbocycles. The van der Waals surface area contributed by atoms with Crippen molar-refractivity contribution in [1.82, 2.24) is 9.99 Å². The zero-order valence-corrected chi connectivity index (χ0v) is 18.7. The Morgan fingerprint density at radius 2 is 2.03 bits per heavy atom. The maximum atomic E-state index is 12.6. The Morgan fingerprint density at radius 1 is 1.19 bits per heavy atom. The number of nitrogens with zero attached hydrogens (tertiary/aromatic N) is 4. The van der Waals surface area contributed by atoms with Crippen molar-refractivity contribution in [1.29, 1.82) is 5.41 Å². The Morgan fingerprint density at radius 3 is 2.81 bits per heavy atom. The SMILES string of the molecule is N=C1/C(=C/c2ccc(SCc3ccc(Cl)cc3)o2)C(=O)N=C2SC(c3cccnc3)=NN12. The fourth-order valence-electron chi connectivity index (χ4n) is 2.96. The highest BCUT2D eigenvalue weighted by Crippen LogP contribution is 2.31. The van der Waals surface area contributed by atoms with E-state index in [4.69, 9.17) is 21.4 Å². The van der Waals surface area contributed by atoms with Crippen molar-refractivity contribution in [3.8, 4) is 0 Å². The summed E-state index contributed by atoms with van der Waals surface area (Å²) in [7, 11) is 0. The number of hydrogen-bond donors (Lipinski definition) is 1. The van der Waals surface area contributed by atoms with E-state index < -0.39 is 5.91 Å². The van der Waals surface area contributed by atoms with Gasteiger partial charge in [-0.3, -0.25) is 15.2 Å². The molecule has 0 atom stereocenters. The minimum Gasteiger partial charge on any atom is -0.450 e. The molecule has 7 nitrogen and oxygen atoms in total. The zero-order chi connectivity index (χ0) is 22.1. The highest BCUT2D eigenvalue weighted by Gasteiger charge is 2.36. The topological polar surface area (TPSA) is 94.9 Å². The Labute approximate surface area is 196 Å². The molecule has 0 aliphatic carbocycles. The maximum Gasteiger partial charge on any atom is 0.283 e. The number of halogens is 1. The van der Waals surface area contributed by atoms with Crippen molar-refractivity contribution in [2.45, 2.75) is 10.8 Å². The van der Waals surface area contributed by atoms with Crippen molar-refractivity contribution in [3.63, 3.8) is 0 Å². The highest BCUT2D eigenvalue weighted by atomic mass is 35.5. The number of hydrogen-bond acceptors (Lipinski definition) is 7. The van der Waals surface area contributed by atoms with Gasteiger partial charge in [0.2, 0.25) is 5.17 Å². The predicted molar refractivity (Wildman–Crippen MR) is 128 cm³/mol. The van der Waals surface area contributed by atoms with Crippen LogP contribution in [0.3, 0.4) is 0 Å². The number of hydrazone groups is 1. The number of benzene rings is 1. The molecular formula is C22H14ClN5O2S2. The number of aliphatic imine (C=N–C) groups is 1. The van der Waals surface area contributed by atoms with E-state index in [0.29, 0.717) is 26.1 Å². The minimum absolute atomic E-state index is 0.0434. The number of fused-ring (bicyclic) bond motifs is 1. The molecule has 158 valence electrons. The third kappa shape index (κ3) is 4.27. The molecule has 32 heavy (non-hydrogen) atoms. The zero-order valence-electron chi connectivity index (χ0n) is 16.4. The molecule has 1 N–H and O–H groups in total. The number of furan rings is 1. The number of aromatic nitrogens is 1. The molecule has 4 heterocycles. The summed E-state index contributed by atoms with van der Waals surface area (Å²) in [5.41, 5.74) is 2.04. The van der Waals surface area contributed by atoms with Crippen LogP contribution in [0.1, 0.15) is 16.9 Å². The van der Waals surface area contributed by atoms with Gasteiger partial charge in [0.25, 0.3) is 5.91 Å². The fourth-order valence-corrected chi connectivity index (χ4v) is 4.79. The summed E-state index contributed by atoms with van der Waals surface area (Å²) < 4.78 is 5.83. The first-order chi connectivity index (χ1) is 15.6. The van der Waals surface area contributed by atoms with Crippen LogP contribution in [0.4, 0.5) is 0 Å². The Bertz CT molecular complexity index is 1300. The van der Waals surface area contributed by atoms with Gasteiger partial charge in [-0.05, 0) is 59.8 Å². The molecule has 3 aromatic rings. The van der Waals surface area contributed by atoms with Gasteiger partial charge in [-0.25, -0.2) is 0 Å². The molecule has 0 saturated heterocycles. The van der Waals surface area contributed by atoms with Crippen LogP contribution >= 0.6 is 35.1 Å². The lowest BCUT2D eigenvalue weighted by atomic mass is 10.1. The van der Waals surface area contributed by atoms with Crippen LogP contribution in [0.15, 0.2) is 86.1 Å². The highest BCUT2D eigenvalue weighted by molar-refractivity contribution is 8.27. The summed E-state index contributed by atoms with van der Waals surface area (Å²) in [5.74, 6) is 0.653. The van der Waals surface area contributed by atoms with Crippen LogP contribution in [-0.4, -0.2) is 31.9 Å². The largest absolute Gasteiger partial charge is 0.450 e. The van der Waals surface area contributed by atoms with E-state index in [9.17, 15) is 4.79 Å². The smallest absolute Gasteiger partial charge is 0.283 e. The van der Waals surface area contributed by atoms with Crippen molar-refractivity contribution >= 4 is 63.2 Å². The Hall–Kier alpha value is -3.14. The van der Waals surface area contributed by atoms with Crippen LogP contribution in [0, 0.1) is 5.41 Å². The molecule has 1 amide bonds. The molecule has 2 aliphatic heterocycles. The molecule has 2 aliphatic rings. The quantitative estimate of drug-likeness (QED) is 0.394. The monoisotopic (exact) mass is 479 g/mol. The van der Waals surface area contributed by atoms with Crippen molar-refractivity contribution < 1.29 is 9.21 Å². The molecule has 0 spiro atoms. The first-order valence-electron chi connectivity index (χ1n) is 9.44. The maximum absolute atomic E-state index is 12.6. The summed E-state index contributed by atoms with van der Waals surface area (Å²) in [6.07, 6.45) is 4.88. The summed E-state index contributed by atoms with van der Waals surface area (Å²) >= 11 is 8.69. The molecule has 2 aromatic heterocycles. The molecule has 10 heteroatoms. The van der Waals surface area contributed by atoms with Crippen LogP contribution in [0.5, 0.6) is 0 Å². The molecule has 1 aromatic carbocycles. The Kier molecular flexibility index (Phi) is 5.69. The number of amidine groups is 2. The second-order valence-corrected chi connectivity index (χ2v) is 9.11. The molecule has 0 fully saturated rings. The molecular weight excluding hydrogens is 466 g/mol. The lowest BCUT2D eigenvalue weighted by Gasteiger charge is -2.19. The second kappa shape index (κ2) is 8.78. The van der Waals surface area contributed by atoms with Gasteiger partial charge >= 0.3 is 0 Å². The summed E-state index contributed by atoms with van der Waals surface area (Å²) in [5, 5.41) is 16.7. The van der Waals surface area contributed by atoms with Gasteiger partial charge in [-0.2, -0.15) is 15.1 Å². The van der Waals surface area contributed by atoms with Crippen molar-refractivity contribution in [2.75, 3.05) is 0 Å². The van der Waals surface area contributed by atoms with E-state index in [-0.39, 0.29) is 11.4 Å². The standard InChI is InChI=1S/C22H14ClN5O2S2/c23-15-5-3-13(4-6-15)12-31-18-8-7-16(30-18)10-17-19(24)28-22(26-20(17)29)32-21(27-28)14-2-1-9-25-11-14/h1-11,24H,12H2/b17-10-,24-19?. The van der Waals surface area contributed by atoms with Gasteiger partial charge < -0.3 is 4.42 Å². The number of carbonyl (C=O) groups excluding carboxylic acids is 1. The van der Waals surface area contributed by atoms with E-state index in [0.717, 1.165) is 16.9 Å². The van der Waals surface area contributed by atoms with E-state index >= 15 is 0 Å². The number of pyridine rings is 1. The first kappa shape index (κ1) is 20.7. The normalized spacial score (nSPS) is 16.9. The third-order valence-electron chi connectivity index (χ3n) is 4.55. The van der Waals surface area contributed by atoms with Crippen molar-refractivity contribution in [3.05, 3.63) is 88.4 Å². The molecule has 0 bridgehead atoms. The predicted octanol–water partition coefficient (Wildman–Crippen LogP) is 5.29. The number of thioether (sulfide) groups is 2. The fraction of sp³-hybridized carbons (Fsp3) is 0.0455. The van der Waals surface area contributed by atoms with E-state index in [1.54, 1.807) is 24.5 Å². The van der Waals surface area contributed by atoms with Gasteiger partial charge in [0.05, 0.1) is 5.57 Å².